The molecule has 0 heterocycles. The Bertz CT molecular complexity index is 626. The monoisotopic (exact) mass is 321 g/mol. The first-order valence-electron chi connectivity index (χ1n) is 7.06. The molecule has 21 heavy (non-hydrogen) atoms. The molecule has 2 aromatic rings. The van der Waals surface area contributed by atoms with E-state index in [0.717, 1.165) is 11.1 Å². The maximum atomic E-state index is 6.33. The first kappa shape index (κ1) is 14.7. The lowest BCUT2D eigenvalue weighted by molar-refractivity contribution is 0.306. The molecule has 0 radical (unpaired) electrons. The quantitative estimate of drug-likeness (QED) is 0.842. The second-order valence-corrected chi connectivity index (χ2v) is 6.26. The van der Waals surface area contributed by atoms with Crippen LogP contribution in [0.5, 0.6) is 5.75 Å². The molecule has 3 rings (SSSR count). The Labute approximate surface area is 134 Å². The molecule has 4 heteroatoms. The van der Waals surface area contributed by atoms with E-state index in [2.05, 4.69) is 0 Å². The predicted molar refractivity (Wildman–Crippen MR) is 86.9 cm³/mol. The van der Waals surface area contributed by atoms with Gasteiger partial charge in [0.25, 0.3) is 0 Å². The summed E-state index contributed by atoms with van der Waals surface area (Å²) in [6.07, 6.45) is 2.34. The van der Waals surface area contributed by atoms with E-state index >= 15 is 0 Å². The summed E-state index contributed by atoms with van der Waals surface area (Å²) < 4.78 is 5.76. The fourth-order valence-electron chi connectivity index (χ4n) is 2.35. The van der Waals surface area contributed by atoms with Crippen molar-refractivity contribution < 1.29 is 4.74 Å². The van der Waals surface area contributed by atoms with E-state index in [1.807, 2.05) is 36.4 Å². The van der Waals surface area contributed by atoms with Crippen molar-refractivity contribution in [1.82, 2.24) is 0 Å². The second kappa shape index (κ2) is 6.27. The number of halogens is 2. The molecule has 1 fully saturated rings. The van der Waals surface area contributed by atoms with Crippen molar-refractivity contribution in [3.8, 4) is 5.75 Å². The van der Waals surface area contributed by atoms with Gasteiger partial charge in [-0.3, -0.25) is 0 Å². The smallest absolute Gasteiger partial charge is 0.139 e. The Morgan fingerprint density at radius 3 is 2.48 bits per heavy atom. The van der Waals surface area contributed by atoms with Gasteiger partial charge in [0.2, 0.25) is 0 Å². The van der Waals surface area contributed by atoms with Crippen LogP contribution >= 0.6 is 23.2 Å². The number of rotatable bonds is 5. The van der Waals surface area contributed by atoms with Crippen LogP contribution in [0.15, 0.2) is 42.5 Å². The Morgan fingerprint density at radius 2 is 1.81 bits per heavy atom. The predicted octanol–water partition coefficient (Wildman–Crippen LogP) is 4.98. The van der Waals surface area contributed by atoms with E-state index < -0.39 is 0 Å². The van der Waals surface area contributed by atoms with Crippen LogP contribution in [0.1, 0.15) is 30.0 Å². The highest BCUT2D eigenvalue weighted by molar-refractivity contribution is 6.34. The Balaban J connectivity index is 1.75. The molecule has 110 valence electrons. The van der Waals surface area contributed by atoms with Crippen molar-refractivity contribution in [3.63, 3.8) is 0 Å². The van der Waals surface area contributed by atoms with Crippen molar-refractivity contribution in [3.05, 3.63) is 63.6 Å². The van der Waals surface area contributed by atoms with Crippen LogP contribution in [0.2, 0.25) is 10.0 Å². The largest absolute Gasteiger partial charge is 0.487 e. The topological polar surface area (TPSA) is 35.2 Å². The molecule has 0 saturated heterocycles. The van der Waals surface area contributed by atoms with Gasteiger partial charge in [0.1, 0.15) is 12.4 Å². The first-order chi connectivity index (χ1) is 10.1. The van der Waals surface area contributed by atoms with Crippen LogP contribution in [-0.2, 0) is 6.61 Å². The SMILES string of the molecule is NC(c1cc(Cl)c(OCc2ccccc2)cc1Cl)C1CC1. The van der Waals surface area contributed by atoms with Crippen molar-refractivity contribution in [2.24, 2.45) is 11.7 Å². The molecule has 2 aromatic carbocycles. The van der Waals surface area contributed by atoms with E-state index in [0.29, 0.717) is 28.3 Å². The van der Waals surface area contributed by atoms with Gasteiger partial charge >= 0.3 is 0 Å². The van der Waals surface area contributed by atoms with E-state index in [1.165, 1.54) is 12.8 Å². The fourth-order valence-corrected chi connectivity index (χ4v) is 2.86. The molecule has 1 unspecified atom stereocenters. The lowest BCUT2D eigenvalue weighted by atomic mass is 10.0. The first-order valence-corrected chi connectivity index (χ1v) is 7.82. The lowest BCUT2D eigenvalue weighted by Crippen LogP contribution is -2.13. The molecule has 2 nitrogen and oxygen atoms in total. The molecule has 0 aromatic heterocycles. The maximum absolute atomic E-state index is 6.33. The second-order valence-electron chi connectivity index (χ2n) is 5.44. The van der Waals surface area contributed by atoms with Gasteiger partial charge in [0.05, 0.1) is 5.02 Å². The molecule has 0 bridgehead atoms. The summed E-state index contributed by atoms with van der Waals surface area (Å²) in [6.45, 7) is 0.463. The molecule has 1 aliphatic carbocycles. The van der Waals surface area contributed by atoms with Gasteiger partial charge in [-0.15, -0.1) is 0 Å². The van der Waals surface area contributed by atoms with Gasteiger partial charge in [0.15, 0.2) is 0 Å². The lowest BCUT2D eigenvalue weighted by Gasteiger charge is -2.16. The molecule has 1 aliphatic rings. The van der Waals surface area contributed by atoms with E-state index in [9.17, 15) is 0 Å². The summed E-state index contributed by atoms with van der Waals surface area (Å²) in [5, 5.41) is 1.18. The van der Waals surface area contributed by atoms with Gasteiger partial charge in [-0.25, -0.2) is 0 Å². The molecule has 0 amide bonds. The van der Waals surface area contributed by atoms with Crippen LogP contribution in [0.3, 0.4) is 0 Å². The molecular formula is C17H17Cl2NO. The number of hydrogen-bond donors (Lipinski definition) is 1. The highest BCUT2D eigenvalue weighted by Gasteiger charge is 2.31. The summed E-state index contributed by atoms with van der Waals surface area (Å²) in [4.78, 5) is 0. The highest BCUT2D eigenvalue weighted by atomic mass is 35.5. The average molecular weight is 322 g/mol. The van der Waals surface area contributed by atoms with Gasteiger partial charge in [-0.1, -0.05) is 53.5 Å². The summed E-state index contributed by atoms with van der Waals surface area (Å²) in [5.41, 5.74) is 8.20. The number of benzene rings is 2. The normalized spacial score (nSPS) is 15.8. The number of hydrogen-bond acceptors (Lipinski definition) is 2. The zero-order valence-corrected chi connectivity index (χ0v) is 13.1. The Morgan fingerprint density at radius 1 is 1.10 bits per heavy atom. The van der Waals surface area contributed by atoms with E-state index in [-0.39, 0.29) is 6.04 Å². The Hall–Kier alpha value is -1.22. The van der Waals surface area contributed by atoms with Crippen molar-refractivity contribution >= 4 is 23.2 Å². The van der Waals surface area contributed by atoms with Crippen molar-refractivity contribution in [1.29, 1.82) is 0 Å². The molecule has 1 saturated carbocycles. The van der Waals surface area contributed by atoms with Crippen molar-refractivity contribution in [2.75, 3.05) is 0 Å². The fraction of sp³-hybridized carbons (Fsp3) is 0.294. The summed E-state index contributed by atoms with van der Waals surface area (Å²) in [7, 11) is 0. The van der Waals surface area contributed by atoms with Crippen LogP contribution < -0.4 is 10.5 Å². The van der Waals surface area contributed by atoms with E-state index in [1.54, 1.807) is 6.07 Å². The third-order valence-corrected chi connectivity index (χ3v) is 4.40. The third kappa shape index (κ3) is 3.52. The minimum absolute atomic E-state index is 0.0295. The minimum atomic E-state index is -0.0295. The molecular weight excluding hydrogens is 305 g/mol. The van der Waals surface area contributed by atoms with Crippen LogP contribution in [0.25, 0.3) is 0 Å². The average Bonchev–Trinajstić information content (AvgIpc) is 3.33. The highest BCUT2D eigenvalue weighted by Crippen LogP contribution is 2.43. The summed E-state index contributed by atoms with van der Waals surface area (Å²) in [6, 6.07) is 13.5. The molecule has 1 atom stereocenters. The van der Waals surface area contributed by atoms with Gasteiger partial charge < -0.3 is 10.5 Å². The standard InChI is InChI=1S/C17H17Cl2NO/c18-14-9-16(21-10-11-4-2-1-3-5-11)15(19)8-13(14)17(20)12-6-7-12/h1-5,8-9,12,17H,6-7,10,20H2. The maximum Gasteiger partial charge on any atom is 0.139 e. The third-order valence-electron chi connectivity index (χ3n) is 3.78. The van der Waals surface area contributed by atoms with Crippen LogP contribution in [0, 0.1) is 5.92 Å². The van der Waals surface area contributed by atoms with Crippen LogP contribution in [0.4, 0.5) is 0 Å². The van der Waals surface area contributed by atoms with Gasteiger partial charge in [-0.05, 0) is 36.0 Å². The number of ether oxygens (including phenoxy) is 1. The van der Waals surface area contributed by atoms with Crippen molar-refractivity contribution in [2.45, 2.75) is 25.5 Å². The number of nitrogens with two attached hydrogens (primary N) is 1. The zero-order valence-electron chi connectivity index (χ0n) is 11.6. The van der Waals surface area contributed by atoms with E-state index in [4.69, 9.17) is 33.7 Å². The summed E-state index contributed by atoms with van der Waals surface area (Å²) >= 11 is 12.6. The zero-order chi connectivity index (χ0) is 14.8. The Kier molecular flexibility index (Phi) is 4.39. The van der Waals surface area contributed by atoms with Crippen LogP contribution in [-0.4, -0.2) is 0 Å². The van der Waals surface area contributed by atoms with Gasteiger partial charge in [-0.2, -0.15) is 0 Å². The molecule has 0 spiro atoms. The molecule has 0 aliphatic heterocycles. The minimum Gasteiger partial charge on any atom is -0.487 e. The summed E-state index contributed by atoms with van der Waals surface area (Å²) in [5.74, 6) is 1.13. The molecule has 2 N–H and O–H groups in total. The van der Waals surface area contributed by atoms with Gasteiger partial charge in [0, 0.05) is 17.1 Å².